The number of halogens is 3. The number of carbonyl (C=O) groups is 2. The number of piperidine rings is 1. The van der Waals surface area contributed by atoms with Gasteiger partial charge in [-0.1, -0.05) is 11.3 Å². The molecule has 4 aromatic rings. The molecule has 1 amide bonds. The van der Waals surface area contributed by atoms with Gasteiger partial charge in [0.2, 0.25) is 11.9 Å². The number of fused-ring (bicyclic) bond motifs is 2. The lowest BCUT2D eigenvalue weighted by Gasteiger charge is -2.31. The minimum absolute atomic E-state index is 0.0573. The van der Waals surface area contributed by atoms with Gasteiger partial charge in [-0.3, -0.25) is 9.59 Å². The van der Waals surface area contributed by atoms with E-state index in [1.165, 1.54) is 18.2 Å². The van der Waals surface area contributed by atoms with Crippen molar-refractivity contribution in [2.45, 2.75) is 32.0 Å². The van der Waals surface area contributed by atoms with E-state index in [0.29, 0.717) is 45.5 Å². The molecule has 1 aliphatic heterocycles. The molecule has 1 saturated heterocycles. The number of rotatable bonds is 8. The van der Waals surface area contributed by atoms with Crippen LogP contribution in [0.15, 0.2) is 36.4 Å². The fraction of sp³-hybridized carbons (Fsp3) is 0.385. The number of ether oxygens (including phenoxy) is 1. The zero-order valence-electron chi connectivity index (χ0n) is 21.0. The number of amides is 1. The average Bonchev–Trinajstić information content (AvgIpc) is 3.45. The van der Waals surface area contributed by atoms with Crippen LogP contribution >= 0.6 is 11.3 Å². The lowest BCUT2D eigenvalue weighted by molar-refractivity contribution is -0.274. The summed E-state index contributed by atoms with van der Waals surface area (Å²) in [6.07, 6.45) is -3.02. The van der Waals surface area contributed by atoms with Gasteiger partial charge >= 0.3 is 6.36 Å². The van der Waals surface area contributed by atoms with Crippen molar-refractivity contribution in [2.24, 2.45) is 13.0 Å². The van der Waals surface area contributed by atoms with Crippen LogP contribution in [0.1, 0.15) is 36.0 Å². The van der Waals surface area contributed by atoms with E-state index in [1.54, 1.807) is 34.7 Å². The highest BCUT2D eigenvalue weighted by atomic mass is 32.1. The van der Waals surface area contributed by atoms with Crippen LogP contribution < -0.4 is 10.1 Å². The van der Waals surface area contributed by atoms with Crippen LogP contribution in [-0.2, 0) is 11.8 Å². The fourth-order valence-electron chi connectivity index (χ4n) is 4.62. The average molecular weight is 562 g/mol. The molecule has 206 valence electrons. The van der Waals surface area contributed by atoms with Crippen molar-refractivity contribution < 1.29 is 32.6 Å². The molecule has 1 aliphatic rings. The molecular formula is C26H26F3N5O4S. The van der Waals surface area contributed by atoms with Crippen molar-refractivity contribution in [2.75, 3.05) is 25.0 Å². The summed E-state index contributed by atoms with van der Waals surface area (Å²) in [4.78, 5) is 36.1. The first-order valence-electron chi connectivity index (χ1n) is 12.4. The Morgan fingerprint density at radius 2 is 1.87 bits per heavy atom. The van der Waals surface area contributed by atoms with Crippen LogP contribution in [0, 0.1) is 5.92 Å². The number of ketones is 1. The first-order chi connectivity index (χ1) is 18.6. The van der Waals surface area contributed by atoms with E-state index in [0.717, 1.165) is 29.7 Å². The van der Waals surface area contributed by atoms with Gasteiger partial charge in [-0.05, 0) is 49.1 Å². The second-order valence-corrected chi connectivity index (χ2v) is 10.5. The SMILES string of the molecule is Cn1c(Nc2nc3ccc(OC(F)(F)F)cc3s2)nc2cc(C(=O)CCC(=O)N3CCC(CO)CC3)ccc21. The van der Waals surface area contributed by atoms with Crippen LogP contribution in [0.5, 0.6) is 5.75 Å². The van der Waals surface area contributed by atoms with Gasteiger partial charge in [-0.2, -0.15) is 0 Å². The Labute approximate surface area is 225 Å². The number of alkyl halides is 3. The number of nitrogens with one attached hydrogen (secondary N) is 1. The summed E-state index contributed by atoms with van der Waals surface area (Å²) in [5.41, 5.74) is 2.30. The number of nitrogens with zero attached hydrogens (tertiary/aromatic N) is 4. The van der Waals surface area contributed by atoms with Gasteiger partial charge in [0, 0.05) is 51.2 Å². The molecule has 2 N–H and O–H groups in total. The number of aliphatic hydroxyl groups excluding tert-OH is 1. The summed E-state index contributed by atoms with van der Waals surface area (Å²) in [5.74, 6) is 0.150. The van der Waals surface area contributed by atoms with Gasteiger partial charge in [-0.15, -0.1) is 13.2 Å². The number of likely N-dealkylation sites (tertiary alicyclic amines) is 1. The van der Waals surface area contributed by atoms with Crippen LogP contribution in [0.25, 0.3) is 21.3 Å². The number of Topliss-reactive ketones (excluding diaryl/α,β-unsaturated/α-hetero) is 1. The number of hydrogen-bond donors (Lipinski definition) is 2. The van der Waals surface area contributed by atoms with Crippen LogP contribution in [0.2, 0.25) is 0 Å². The van der Waals surface area contributed by atoms with Crippen molar-refractivity contribution in [3.05, 3.63) is 42.0 Å². The minimum Gasteiger partial charge on any atom is -0.406 e. The summed E-state index contributed by atoms with van der Waals surface area (Å²) in [6, 6.07) is 9.10. The number of anilines is 2. The number of benzene rings is 2. The van der Waals surface area contributed by atoms with Gasteiger partial charge < -0.3 is 24.6 Å². The largest absolute Gasteiger partial charge is 0.573 e. The molecule has 0 spiro atoms. The maximum Gasteiger partial charge on any atom is 0.573 e. The molecule has 13 heteroatoms. The second-order valence-electron chi connectivity index (χ2n) is 9.45. The van der Waals surface area contributed by atoms with E-state index < -0.39 is 6.36 Å². The Kier molecular flexibility index (Phi) is 7.45. The first kappa shape index (κ1) is 26.9. The Morgan fingerprint density at radius 1 is 1.10 bits per heavy atom. The number of aliphatic hydroxyl groups is 1. The molecule has 0 unspecified atom stereocenters. The molecule has 0 atom stereocenters. The van der Waals surface area contributed by atoms with Gasteiger partial charge in [0.15, 0.2) is 10.9 Å². The van der Waals surface area contributed by atoms with Gasteiger partial charge in [0.25, 0.3) is 0 Å². The standard InChI is InChI=1S/C26H26F3N5O4S/c1-33-20-5-2-16(21(36)6-7-23(37)34-10-8-15(14-35)9-11-34)12-19(20)30-24(33)32-25-31-18-4-3-17(13-22(18)39-25)38-26(27,28)29/h2-5,12-13,15,35H,6-11,14H2,1H3,(H,30,31,32). The van der Waals surface area contributed by atoms with Crippen molar-refractivity contribution in [1.82, 2.24) is 19.4 Å². The third kappa shape index (κ3) is 6.14. The van der Waals surface area contributed by atoms with Crippen LogP contribution in [0.3, 0.4) is 0 Å². The number of aromatic nitrogens is 3. The molecule has 3 heterocycles. The van der Waals surface area contributed by atoms with Crippen molar-refractivity contribution in [3.63, 3.8) is 0 Å². The zero-order chi connectivity index (χ0) is 27.7. The van der Waals surface area contributed by atoms with Crippen molar-refractivity contribution >= 4 is 55.4 Å². The molecule has 39 heavy (non-hydrogen) atoms. The quantitative estimate of drug-likeness (QED) is 0.291. The molecule has 1 fully saturated rings. The predicted molar refractivity (Wildman–Crippen MR) is 140 cm³/mol. The lowest BCUT2D eigenvalue weighted by atomic mass is 9.97. The molecule has 0 saturated carbocycles. The van der Waals surface area contributed by atoms with Crippen molar-refractivity contribution in [1.29, 1.82) is 0 Å². The predicted octanol–water partition coefficient (Wildman–Crippen LogP) is 5.02. The Morgan fingerprint density at radius 3 is 2.59 bits per heavy atom. The number of aryl methyl sites for hydroxylation is 1. The van der Waals surface area contributed by atoms with Crippen LogP contribution in [-0.4, -0.2) is 62.3 Å². The third-order valence-electron chi connectivity index (χ3n) is 6.81. The molecule has 5 rings (SSSR count). The van der Waals surface area contributed by atoms with Gasteiger partial charge in [0.05, 0.1) is 21.3 Å². The monoisotopic (exact) mass is 561 g/mol. The highest BCUT2D eigenvalue weighted by molar-refractivity contribution is 7.22. The van der Waals surface area contributed by atoms with E-state index >= 15 is 0 Å². The van der Waals surface area contributed by atoms with E-state index in [9.17, 15) is 27.9 Å². The summed E-state index contributed by atoms with van der Waals surface area (Å²) in [7, 11) is 1.79. The summed E-state index contributed by atoms with van der Waals surface area (Å²) in [5, 5.41) is 12.8. The number of carbonyl (C=O) groups excluding carboxylic acids is 2. The topological polar surface area (TPSA) is 110 Å². The molecule has 0 bridgehead atoms. The highest BCUT2D eigenvalue weighted by Gasteiger charge is 2.31. The summed E-state index contributed by atoms with van der Waals surface area (Å²) < 4.78 is 43.9. The third-order valence-corrected chi connectivity index (χ3v) is 7.74. The lowest BCUT2D eigenvalue weighted by Crippen LogP contribution is -2.39. The Hall–Kier alpha value is -3.71. The molecule has 9 nitrogen and oxygen atoms in total. The maximum atomic E-state index is 12.8. The molecule has 2 aromatic heterocycles. The summed E-state index contributed by atoms with van der Waals surface area (Å²) in [6.45, 7) is 1.34. The Balaban J connectivity index is 1.25. The van der Waals surface area contributed by atoms with Gasteiger partial charge in [0.1, 0.15) is 5.75 Å². The minimum atomic E-state index is -4.78. The smallest absolute Gasteiger partial charge is 0.406 e. The number of thiazole rings is 1. The zero-order valence-corrected chi connectivity index (χ0v) is 21.8. The van der Waals surface area contributed by atoms with E-state index in [1.807, 2.05) is 0 Å². The molecule has 0 radical (unpaired) electrons. The van der Waals surface area contributed by atoms with Gasteiger partial charge in [-0.25, -0.2) is 9.97 Å². The maximum absolute atomic E-state index is 12.8. The summed E-state index contributed by atoms with van der Waals surface area (Å²) >= 11 is 1.16. The van der Waals surface area contributed by atoms with E-state index in [2.05, 4.69) is 20.0 Å². The molecule has 2 aromatic carbocycles. The van der Waals surface area contributed by atoms with Crippen LogP contribution in [0.4, 0.5) is 24.3 Å². The number of imidazole rings is 1. The molecule has 0 aliphatic carbocycles. The number of hydrogen-bond acceptors (Lipinski definition) is 8. The molecular weight excluding hydrogens is 535 g/mol. The first-order valence-corrected chi connectivity index (χ1v) is 13.2. The van der Waals surface area contributed by atoms with E-state index in [4.69, 9.17) is 0 Å². The second kappa shape index (κ2) is 10.8. The normalized spacial score (nSPS) is 14.7. The highest BCUT2D eigenvalue weighted by Crippen LogP contribution is 2.33. The fourth-order valence-corrected chi connectivity index (χ4v) is 5.51. The van der Waals surface area contributed by atoms with E-state index in [-0.39, 0.29) is 42.8 Å². The Bertz CT molecular complexity index is 1530. The van der Waals surface area contributed by atoms with Crippen molar-refractivity contribution in [3.8, 4) is 5.75 Å².